The topological polar surface area (TPSA) is 38.0 Å². The van der Waals surface area contributed by atoms with Crippen LogP contribution in [0, 0.1) is 13.8 Å². The van der Waals surface area contributed by atoms with Gasteiger partial charge in [-0.2, -0.15) is 5.10 Å². The lowest BCUT2D eigenvalue weighted by Crippen LogP contribution is -2.02. The second-order valence-electron chi connectivity index (χ2n) is 3.71. The molecule has 1 aromatic heterocycles. The first-order valence-electron chi connectivity index (χ1n) is 5.05. The predicted octanol–water partition coefficient (Wildman–Crippen LogP) is 2.63. The molecule has 0 atom stereocenters. The Labute approximate surface area is 99.3 Å². The zero-order chi connectivity index (χ0) is 11.7. The highest BCUT2D eigenvalue weighted by atomic mass is 35.5. The summed E-state index contributed by atoms with van der Waals surface area (Å²) in [4.78, 5) is 0. The van der Waals surface area contributed by atoms with E-state index in [0.717, 1.165) is 27.5 Å². The zero-order valence-corrected chi connectivity index (χ0v) is 9.99. The Kier molecular flexibility index (Phi) is 2.99. The third kappa shape index (κ3) is 1.72. The minimum Gasteiger partial charge on any atom is -0.392 e. The molecule has 0 unspecified atom stereocenters. The molecule has 0 fully saturated rings. The summed E-state index contributed by atoms with van der Waals surface area (Å²) in [6, 6.07) is 5.71. The predicted molar refractivity (Wildman–Crippen MR) is 64.0 cm³/mol. The van der Waals surface area contributed by atoms with Crippen LogP contribution in [0.15, 0.2) is 24.4 Å². The van der Waals surface area contributed by atoms with Crippen LogP contribution in [0.2, 0.25) is 5.02 Å². The molecule has 0 aliphatic rings. The van der Waals surface area contributed by atoms with Gasteiger partial charge in [0.05, 0.1) is 18.5 Å². The zero-order valence-electron chi connectivity index (χ0n) is 9.24. The molecule has 0 bridgehead atoms. The molecule has 0 aliphatic heterocycles. The van der Waals surface area contributed by atoms with E-state index in [2.05, 4.69) is 5.10 Å². The van der Waals surface area contributed by atoms with Gasteiger partial charge < -0.3 is 5.11 Å². The van der Waals surface area contributed by atoms with Crippen molar-refractivity contribution >= 4 is 11.6 Å². The van der Waals surface area contributed by atoms with Gasteiger partial charge in [0.2, 0.25) is 0 Å². The van der Waals surface area contributed by atoms with Crippen LogP contribution in [-0.2, 0) is 6.61 Å². The van der Waals surface area contributed by atoms with E-state index in [1.807, 2.05) is 32.0 Å². The molecule has 0 amide bonds. The normalized spacial score (nSPS) is 10.8. The molecule has 84 valence electrons. The SMILES string of the molecule is Cc1c(Cl)cccc1-n1ncc(CO)c1C. The second kappa shape index (κ2) is 4.28. The van der Waals surface area contributed by atoms with Crippen molar-refractivity contribution in [2.24, 2.45) is 0 Å². The van der Waals surface area contributed by atoms with Crippen molar-refractivity contribution in [2.75, 3.05) is 0 Å². The standard InChI is InChI=1S/C12H13ClN2O/c1-8-11(13)4-3-5-12(8)15-9(2)10(7-16)6-14-15/h3-6,16H,7H2,1-2H3. The van der Waals surface area contributed by atoms with Gasteiger partial charge in [-0.15, -0.1) is 0 Å². The molecule has 0 radical (unpaired) electrons. The summed E-state index contributed by atoms with van der Waals surface area (Å²) in [5.74, 6) is 0. The molecule has 2 rings (SSSR count). The lowest BCUT2D eigenvalue weighted by molar-refractivity contribution is 0.281. The minimum atomic E-state index is 0.00540. The molecule has 3 nitrogen and oxygen atoms in total. The maximum absolute atomic E-state index is 9.12. The van der Waals surface area contributed by atoms with E-state index in [-0.39, 0.29) is 6.61 Å². The summed E-state index contributed by atoms with van der Waals surface area (Å²) < 4.78 is 1.80. The molecule has 0 spiro atoms. The fourth-order valence-electron chi connectivity index (χ4n) is 1.67. The van der Waals surface area contributed by atoms with E-state index in [1.54, 1.807) is 10.9 Å². The van der Waals surface area contributed by atoms with Crippen LogP contribution < -0.4 is 0 Å². The molecule has 4 heteroatoms. The van der Waals surface area contributed by atoms with Crippen molar-refractivity contribution in [1.82, 2.24) is 9.78 Å². The number of aliphatic hydroxyl groups excluding tert-OH is 1. The molecule has 16 heavy (non-hydrogen) atoms. The summed E-state index contributed by atoms with van der Waals surface area (Å²) in [7, 11) is 0. The van der Waals surface area contributed by atoms with Crippen LogP contribution in [0.1, 0.15) is 16.8 Å². The van der Waals surface area contributed by atoms with E-state index in [9.17, 15) is 0 Å². The number of benzene rings is 1. The largest absolute Gasteiger partial charge is 0.392 e. The summed E-state index contributed by atoms with van der Waals surface area (Å²) in [6.45, 7) is 3.89. The summed E-state index contributed by atoms with van der Waals surface area (Å²) in [6.07, 6.45) is 1.68. The molecule has 0 saturated heterocycles. The maximum Gasteiger partial charge on any atom is 0.0715 e. The fourth-order valence-corrected chi connectivity index (χ4v) is 1.84. The Bertz CT molecular complexity index is 520. The average molecular weight is 237 g/mol. The van der Waals surface area contributed by atoms with E-state index in [4.69, 9.17) is 16.7 Å². The lowest BCUT2D eigenvalue weighted by Gasteiger charge is -2.09. The van der Waals surface area contributed by atoms with E-state index in [1.165, 1.54) is 0 Å². The van der Waals surface area contributed by atoms with Crippen LogP contribution in [-0.4, -0.2) is 14.9 Å². The number of nitrogens with zero attached hydrogens (tertiary/aromatic N) is 2. The highest BCUT2D eigenvalue weighted by molar-refractivity contribution is 6.31. The van der Waals surface area contributed by atoms with Crippen LogP contribution in [0.4, 0.5) is 0 Å². The highest BCUT2D eigenvalue weighted by Gasteiger charge is 2.10. The Hall–Kier alpha value is -1.32. The van der Waals surface area contributed by atoms with Crippen molar-refractivity contribution in [2.45, 2.75) is 20.5 Å². The monoisotopic (exact) mass is 236 g/mol. The fraction of sp³-hybridized carbons (Fsp3) is 0.250. The Morgan fingerprint density at radius 3 is 2.75 bits per heavy atom. The molecule has 2 aromatic rings. The Balaban J connectivity index is 2.59. The van der Waals surface area contributed by atoms with Gasteiger partial charge in [0.15, 0.2) is 0 Å². The third-order valence-electron chi connectivity index (χ3n) is 2.75. The average Bonchev–Trinajstić information content (AvgIpc) is 2.64. The summed E-state index contributed by atoms with van der Waals surface area (Å²) >= 11 is 6.07. The van der Waals surface area contributed by atoms with E-state index >= 15 is 0 Å². The number of hydrogen-bond donors (Lipinski definition) is 1. The second-order valence-corrected chi connectivity index (χ2v) is 4.12. The van der Waals surface area contributed by atoms with Crippen molar-refractivity contribution in [3.63, 3.8) is 0 Å². The molecule has 1 heterocycles. The van der Waals surface area contributed by atoms with Gasteiger partial charge in [-0.05, 0) is 31.5 Å². The van der Waals surface area contributed by atoms with Crippen LogP contribution >= 0.6 is 11.6 Å². The third-order valence-corrected chi connectivity index (χ3v) is 3.16. The quantitative estimate of drug-likeness (QED) is 0.871. The molecule has 0 saturated carbocycles. The van der Waals surface area contributed by atoms with E-state index in [0.29, 0.717) is 0 Å². The van der Waals surface area contributed by atoms with Crippen molar-refractivity contribution < 1.29 is 5.11 Å². The smallest absolute Gasteiger partial charge is 0.0715 e. The van der Waals surface area contributed by atoms with Gasteiger partial charge in [0.1, 0.15) is 0 Å². The molecule has 0 aliphatic carbocycles. The minimum absolute atomic E-state index is 0.00540. The lowest BCUT2D eigenvalue weighted by atomic mass is 10.2. The van der Waals surface area contributed by atoms with Gasteiger partial charge in [0, 0.05) is 16.3 Å². The van der Waals surface area contributed by atoms with Crippen LogP contribution in [0.3, 0.4) is 0 Å². The van der Waals surface area contributed by atoms with Crippen LogP contribution in [0.5, 0.6) is 0 Å². The number of halogens is 1. The number of aliphatic hydroxyl groups is 1. The number of aromatic nitrogens is 2. The summed E-state index contributed by atoms with van der Waals surface area (Å²) in [5.41, 5.74) is 3.71. The Morgan fingerprint density at radius 2 is 2.12 bits per heavy atom. The van der Waals surface area contributed by atoms with E-state index < -0.39 is 0 Å². The van der Waals surface area contributed by atoms with Gasteiger partial charge >= 0.3 is 0 Å². The van der Waals surface area contributed by atoms with Gasteiger partial charge in [0.25, 0.3) is 0 Å². The van der Waals surface area contributed by atoms with Crippen LogP contribution in [0.25, 0.3) is 5.69 Å². The number of hydrogen-bond acceptors (Lipinski definition) is 2. The summed E-state index contributed by atoms with van der Waals surface area (Å²) in [5, 5.41) is 14.1. The van der Waals surface area contributed by atoms with Crippen molar-refractivity contribution in [3.8, 4) is 5.69 Å². The van der Waals surface area contributed by atoms with Gasteiger partial charge in [-0.1, -0.05) is 17.7 Å². The first kappa shape index (κ1) is 11.2. The van der Waals surface area contributed by atoms with Crippen molar-refractivity contribution in [3.05, 3.63) is 46.2 Å². The molecule has 1 aromatic carbocycles. The molecular weight excluding hydrogens is 224 g/mol. The van der Waals surface area contributed by atoms with Gasteiger partial charge in [-0.25, -0.2) is 4.68 Å². The maximum atomic E-state index is 9.12. The molecule has 1 N–H and O–H groups in total. The first-order chi connectivity index (χ1) is 7.65. The molecular formula is C12H13ClN2O. The van der Waals surface area contributed by atoms with Gasteiger partial charge in [-0.3, -0.25) is 0 Å². The highest BCUT2D eigenvalue weighted by Crippen LogP contribution is 2.23. The van der Waals surface area contributed by atoms with Crippen molar-refractivity contribution in [1.29, 1.82) is 0 Å². The first-order valence-corrected chi connectivity index (χ1v) is 5.42. The Morgan fingerprint density at radius 1 is 1.38 bits per heavy atom. The number of rotatable bonds is 2.